The molecule has 7 heteroatoms. The third-order valence-corrected chi connectivity index (χ3v) is 3.25. The fraction of sp³-hybridized carbons (Fsp3) is 0.467. The first-order valence-corrected chi connectivity index (χ1v) is 6.97. The highest BCUT2D eigenvalue weighted by atomic mass is 16.6. The van der Waals surface area contributed by atoms with Crippen molar-refractivity contribution in [1.29, 1.82) is 0 Å². The number of hydrogen-bond donors (Lipinski definition) is 1. The average Bonchev–Trinajstić information content (AvgIpc) is 2.88. The molecule has 120 valence electrons. The summed E-state index contributed by atoms with van der Waals surface area (Å²) in [4.78, 5) is 23.3. The lowest BCUT2D eigenvalue weighted by Crippen LogP contribution is -2.40. The van der Waals surface area contributed by atoms with Gasteiger partial charge in [-0.25, -0.2) is 9.59 Å². The van der Waals surface area contributed by atoms with Gasteiger partial charge >= 0.3 is 12.1 Å². The van der Waals surface area contributed by atoms with E-state index in [1.165, 1.54) is 0 Å². The Kier molecular flexibility index (Phi) is 5.74. The maximum Gasteiger partial charge on any atom is 0.410 e. The van der Waals surface area contributed by atoms with Crippen LogP contribution in [-0.4, -0.2) is 54.2 Å². The summed E-state index contributed by atoms with van der Waals surface area (Å²) < 4.78 is 15.7. The van der Waals surface area contributed by atoms with Crippen molar-refractivity contribution in [2.75, 3.05) is 19.9 Å². The second-order valence-electron chi connectivity index (χ2n) is 5.01. The Morgan fingerprint density at radius 3 is 2.86 bits per heavy atom. The number of esters is 1. The van der Waals surface area contributed by atoms with E-state index < -0.39 is 18.1 Å². The van der Waals surface area contributed by atoms with Gasteiger partial charge in [-0.2, -0.15) is 0 Å². The maximum absolute atomic E-state index is 11.4. The minimum atomic E-state index is -1.20. The molecule has 0 saturated carbocycles. The lowest BCUT2D eigenvalue weighted by Gasteiger charge is -2.18. The lowest BCUT2D eigenvalue weighted by molar-refractivity contribution is -0.140. The van der Waals surface area contributed by atoms with Crippen molar-refractivity contribution in [2.24, 2.45) is 0 Å². The molecule has 0 bridgehead atoms. The van der Waals surface area contributed by atoms with Crippen molar-refractivity contribution in [3.63, 3.8) is 0 Å². The molecule has 1 fully saturated rings. The van der Waals surface area contributed by atoms with Crippen LogP contribution in [-0.2, 0) is 25.6 Å². The van der Waals surface area contributed by atoms with Gasteiger partial charge in [0.25, 0.3) is 0 Å². The van der Waals surface area contributed by atoms with Gasteiger partial charge in [0.1, 0.15) is 0 Å². The largest absolute Gasteiger partial charge is 0.465 e. The summed E-state index contributed by atoms with van der Waals surface area (Å²) in [6.45, 7) is 2.31. The Hall–Kier alpha value is -2.12. The number of nitrogens with zero attached hydrogens (tertiary/aromatic N) is 1. The molecule has 1 aliphatic heterocycles. The molecule has 1 aromatic carbocycles. The molecular weight excluding hydrogens is 290 g/mol. The number of carbonyl (C=O) groups is 2. The van der Waals surface area contributed by atoms with E-state index >= 15 is 0 Å². The van der Waals surface area contributed by atoms with E-state index in [1.54, 1.807) is 0 Å². The molecular formula is C15H19NO6. The molecule has 1 aromatic rings. The van der Waals surface area contributed by atoms with Gasteiger partial charge in [0, 0.05) is 0 Å². The van der Waals surface area contributed by atoms with E-state index in [2.05, 4.69) is 0 Å². The van der Waals surface area contributed by atoms with Crippen molar-refractivity contribution in [1.82, 2.24) is 4.90 Å². The first-order valence-electron chi connectivity index (χ1n) is 6.97. The van der Waals surface area contributed by atoms with E-state index in [1.807, 2.05) is 37.3 Å². The SMILES string of the molecule is CC(COC[C@H]1C(=O)OCN1C(=O)O)OCc1ccccc1. The third kappa shape index (κ3) is 4.44. The number of benzene rings is 1. The highest BCUT2D eigenvalue weighted by molar-refractivity contribution is 5.83. The zero-order valence-electron chi connectivity index (χ0n) is 12.3. The van der Waals surface area contributed by atoms with Crippen LogP contribution >= 0.6 is 0 Å². The van der Waals surface area contributed by atoms with E-state index in [9.17, 15) is 9.59 Å². The van der Waals surface area contributed by atoms with Crippen molar-refractivity contribution in [2.45, 2.75) is 25.7 Å². The summed E-state index contributed by atoms with van der Waals surface area (Å²) in [5.41, 5.74) is 1.06. The Morgan fingerprint density at radius 1 is 1.45 bits per heavy atom. The lowest BCUT2D eigenvalue weighted by atomic mass is 10.2. The topological polar surface area (TPSA) is 85.3 Å². The standard InChI is InChI=1S/C15H19NO6/c1-11(21-8-12-5-3-2-4-6-12)7-20-9-13-14(17)22-10-16(13)15(18)19/h2-6,11,13H,7-10H2,1H3,(H,18,19)/t11?,13-/m0/s1. The number of hydrogen-bond acceptors (Lipinski definition) is 5. The first-order chi connectivity index (χ1) is 10.6. The molecule has 1 N–H and O–H groups in total. The summed E-state index contributed by atoms with van der Waals surface area (Å²) in [5.74, 6) is -0.583. The number of carbonyl (C=O) groups excluding carboxylic acids is 1. The maximum atomic E-state index is 11.4. The second-order valence-corrected chi connectivity index (χ2v) is 5.01. The third-order valence-electron chi connectivity index (χ3n) is 3.25. The molecule has 0 aliphatic carbocycles. The van der Waals surface area contributed by atoms with E-state index in [-0.39, 0.29) is 26.0 Å². The van der Waals surface area contributed by atoms with Crippen LogP contribution in [0, 0.1) is 0 Å². The van der Waals surface area contributed by atoms with Gasteiger partial charge in [0.05, 0.1) is 25.9 Å². The van der Waals surface area contributed by atoms with Crippen LogP contribution in [0.2, 0.25) is 0 Å². The summed E-state index contributed by atoms with van der Waals surface area (Å²) in [5, 5.41) is 8.93. The summed E-state index contributed by atoms with van der Waals surface area (Å²) in [7, 11) is 0. The predicted molar refractivity (Wildman–Crippen MR) is 76.1 cm³/mol. The summed E-state index contributed by atoms with van der Waals surface area (Å²) in [6, 6.07) is 8.83. The zero-order chi connectivity index (χ0) is 15.9. The molecule has 0 aromatic heterocycles. The number of cyclic esters (lactones) is 1. The van der Waals surface area contributed by atoms with E-state index in [0.29, 0.717) is 6.61 Å². The minimum absolute atomic E-state index is 0.0375. The molecule has 0 spiro atoms. The van der Waals surface area contributed by atoms with E-state index in [4.69, 9.17) is 19.3 Å². The molecule has 2 rings (SSSR count). The van der Waals surface area contributed by atoms with Gasteiger partial charge in [0.15, 0.2) is 12.8 Å². The Morgan fingerprint density at radius 2 is 2.18 bits per heavy atom. The summed E-state index contributed by atoms with van der Waals surface area (Å²) in [6.07, 6.45) is -1.37. The fourth-order valence-corrected chi connectivity index (χ4v) is 2.00. The van der Waals surface area contributed by atoms with E-state index in [0.717, 1.165) is 10.5 Å². The normalized spacial score (nSPS) is 19.0. The van der Waals surface area contributed by atoms with Crippen LogP contribution in [0.1, 0.15) is 12.5 Å². The zero-order valence-corrected chi connectivity index (χ0v) is 12.3. The van der Waals surface area contributed by atoms with Crippen LogP contribution in [0.4, 0.5) is 4.79 Å². The smallest absolute Gasteiger partial charge is 0.410 e. The molecule has 1 amide bonds. The molecule has 22 heavy (non-hydrogen) atoms. The summed E-state index contributed by atoms with van der Waals surface area (Å²) >= 11 is 0. The van der Waals surface area contributed by atoms with Gasteiger partial charge in [-0.05, 0) is 12.5 Å². The molecule has 1 aliphatic rings. The van der Waals surface area contributed by atoms with Gasteiger partial charge in [-0.1, -0.05) is 30.3 Å². The van der Waals surface area contributed by atoms with Crippen molar-refractivity contribution < 1.29 is 28.9 Å². The number of ether oxygens (including phenoxy) is 3. The molecule has 1 saturated heterocycles. The van der Waals surface area contributed by atoms with Gasteiger partial charge in [-0.15, -0.1) is 0 Å². The molecule has 2 atom stereocenters. The predicted octanol–water partition coefficient (Wildman–Crippen LogP) is 1.47. The highest BCUT2D eigenvalue weighted by Crippen LogP contribution is 2.12. The number of rotatable bonds is 7. The van der Waals surface area contributed by atoms with Crippen LogP contribution in [0.15, 0.2) is 30.3 Å². The molecule has 7 nitrogen and oxygen atoms in total. The molecule has 0 radical (unpaired) electrons. The van der Waals surface area contributed by atoms with Gasteiger partial charge < -0.3 is 19.3 Å². The average molecular weight is 309 g/mol. The van der Waals surface area contributed by atoms with Gasteiger partial charge in [-0.3, -0.25) is 4.90 Å². The first kappa shape index (κ1) is 16.3. The van der Waals surface area contributed by atoms with Crippen LogP contribution in [0.3, 0.4) is 0 Å². The highest BCUT2D eigenvalue weighted by Gasteiger charge is 2.38. The van der Waals surface area contributed by atoms with Crippen LogP contribution < -0.4 is 0 Å². The quantitative estimate of drug-likeness (QED) is 0.768. The Bertz CT molecular complexity index is 506. The van der Waals surface area contributed by atoms with Crippen molar-refractivity contribution >= 4 is 12.1 Å². The van der Waals surface area contributed by atoms with Crippen LogP contribution in [0.25, 0.3) is 0 Å². The Balaban J connectivity index is 1.69. The Labute approximate surface area is 128 Å². The van der Waals surface area contributed by atoms with Gasteiger partial charge in [0.2, 0.25) is 0 Å². The monoisotopic (exact) mass is 309 g/mol. The van der Waals surface area contributed by atoms with Crippen molar-refractivity contribution in [3.05, 3.63) is 35.9 Å². The number of carboxylic acid groups (broad SMARTS) is 1. The van der Waals surface area contributed by atoms with Crippen LogP contribution in [0.5, 0.6) is 0 Å². The minimum Gasteiger partial charge on any atom is -0.465 e. The van der Waals surface area contributed by atoms with Crippen molar-refractivity contribution in [3.8, 4) is 0 Å². The molecule has 1 heterocycles. The fourth-order valence-electron chi connectivity index (χ4n) is 2.00. The number of amides is 1. The second kappa shape index (κ2) is 7.77. The molecule has 1 unspecified atom stereocenters.